The average molecular weight is 751 g/mol. The molecule has 52 heavy (non-hydrogen) atoms. The molecular formula is C45H74O5Si2. The Morgan fingerprint density at radius 3 is 2.08 bits per heavy atom. The zero-order valence-electron chi connectivity index (χ0n) is 35.3. The highest BCUT2D eigenvalue weighted by atomic mass is 28.4. The summed E-state index contributed by atoms with van der Waals surface area (Å²) in [5.74, 6) is 1.44. The van der Waals surface area contributed by atoms with Gasteiger partial charge >= 0.3 is 5.97 Å². The molecule has 0 aromatic carbocycles. The third-order valence-electron chi connectivity index (χ3n) is 15.6. The summed E-state index contributed by atoms with van der Waals surface area (Å²) in [4.78, 5) is 13.9. The van der Waals surface area contributed by atoms with Crippen LogP contribution in [0.25, 0.3) is 0 Å². The second kappa shape index (κ2) is 14.0. The number of rotatable bonds is 10. The predicted molar refractivity (Wildman–Crippen MR) is 219 cm³/mol. The van der Waals surface area contributed by atoms with Crippen molar-refractivity contribution in [3.8, 4) is 0 Å². The van der Waals surface area contributed by atoms with E-state index in [2.05, 4.69) is 99.8 Å². The molecule has 0 radical (unpaired) electrons. The summed E-state index contributed by atoms with van der Waals surface area (Å²) in [7, 11) is -4.59. The summed E-state index contributed by atoms with van der Waals surface area (Å²) < 4.78 is 28.1. The maximum atomic E-state index is 13.9. The van der Waals surface area contributed by atoms with E-state index in [1.807, 2.05) is 0 Å². The zero-order valence-corrected chi connectivity index (χ0v) is 37.3. The van der Waals surface area contributed by atoms with Crippen LogP contribution in [0.1, 0.15) is 139 Å². The lowest BCUT2D eigenvalue weighted by molar-refractivity contribution is -0.227. The molecule has 7 aliphatic carbocycles. The highest BCUT2D eigenvalue weighted by Gasteiger charge is 2.55. The molecule has 5 nitrogen and oxygen atoms in total. The van der Waals surface area contributed by atoms with E-state index in [1.165, 1.54) is 32.1 Å². The number of hydrogen-bond donors (Lipinski definition) is 0. The number of ether oxygens (including phenoxy) is 2. The van der Waals surface area contributed by atoms with Crippen LogP contribution < -0.4 is 0 Å². The van der Waals surface area contributed by atoms with E-state index in [9.17, 15) is 4.79 Å². The third kappa shape index (κ3) is 7.88. The molecule has 7 heteroatoms. The number of esters is 1. The Morgan fingerprint density at radius 1 is 0.923 bits per heavy atom. The van der Waals surface area contributed by atoms with Gasteiger partial charge in [0.15, 0.2) is 22.4 Å². The van der Waals surface area contributed by atoms with Crippen molar-refractivity contribution in [3.63, 3.8) is 0 Å². The largest absolute Gasteiger partial charge is 0.457 e. The highest BCUT2D eigenvalue weighted by Crippen LogP contribution is 2.58. The Labute approximate surface area is 320 Å². The minimum Gasteiger partial charge on any atom is -0.457 e. The second-order valence-electron chi connectivity index (χ2n) is 21.5. The van der Waals surface area contributed by atoms with Crippen molar-refractivity contribution >= 4 is 22.6 Å². The van der Waals surface area contributed by atoms with Crippen LogP contribution in [0.2, 0.25) is 36.3 Å². The number of fused-ring (bicyclic) bond motifs is 1. The van der Waals surface area contributed by atoms with Crippen molar-refractivity contribution in [3.05, 3.63) is 47.1 Å². The van der Waals surface area contributed by atoms with E-state index in [-0.39, 0.29) is 39.8 Å². The Morgan fingerprint density at radius 2 is 1.52 bits per heavy atom. The number of carbonyl (C=O) groups excluding carboxylic acids is 1. The summed E-state index contributed by atoms with van der Waals surface area (Å²) in [5.41, 5.74) is 5.33. The summed E-state index contributed by atoms with van der Waals surface area (Å²) in [6.45, 7) is 32.4. The van der Waals surface area contributed by atoms with Gasteiger partial charge in [-0.05, 0) is 147 Å². The van der Waals surface area contributed by atoms with Crippen LogP contribution >= 0.6 is 0 Å². The van der Waals surface area contributed by atoms with Gasteiger partial charge in [0.25, 0.3) is 0 Å². The van der Waals surface area contributed by atoms with Gasteiger partial charge < -0.3 is 18.3 Å². The minimum absolute atomic E-state index is 0.0288. The molecule has 1 unspecified atom stereocenters. The Hall–Kier alpha value is -1.26. The van der Waals surface area contributed by atoms with Crippen LogP contribution in [0.3, 0.4) is 0 Å². The fraction of sp³-hybridized carbons (Fsp3) is 0.800. The lowest BCUT2D eigenvalue weighted by Crippen LogP contribution is -2.57. The Balaban J connectivity index is 1.33. The lowest BCUT2D eigenvalue weighted by atomic mass is 9.54. The fourth-order valence-corrected chi connectivity index (χ4v) is 13.8. The van der Waals surface area contributed by atoms with Gasteiger partial charge in [0, 0.05) is 12.8 Å². The van der Waals surface area contributed by atoms with Crippen molar-refractivity contribution in [2.75, 3.05) is 6.61 Å². The maximum Gasteiger partial charge on any atom is 0.332 e. The lowest BCUT2D eigenvalue weighted by Gasteiger charge is -2.55. The molecule has 4 bridgehead atoms. The SMILES string of the molecule is C=C1C(=CC=C2CCC[C@]3(C)C(CC)=CC[C@@H]23)C[C@](OCC(=O)OC23CC4CC(CC(C4)C2)C3)(O[Si](C)(C)C(C)(C)C)CC1O[Si](C)(C)C(C)(C)C. The second-order valence-corrected chi connectivity index (χ2v) is 31.0. The van der Waals surface area contributed by atoms with Gasteiger partial charge in [0.1, 0.15) is 12.2 Å². The highest BCUT2D eigenvalue weighted by molar-refractivity contribution is 6.74. The van der Waals surface area contributed by atoms with Gasteiger partial charge in [0.05, 0.1) is 6.10 Å². The summed E-state index contributed by atoms with van der Waals surface area (Å²) >= 11 is 0. The molecule has 6 fully saturated rings. The number of carbonyl (C=O) groups is 1. The molecule has 0 aliphatic heterocycles. The van der Waals surface area contributed by atoms with Crippen molar-refractivity contribution in [1.29, 1.82) is 0 Å². The first-order chi connectivity index (χ1) is 24.0. The van der Waals surface area contributed by atoms with Crippen LogP contribution in [0.4, 0.5) is 0 Å². The molecule has 0 aromatic heterocycles. The molecule has 6 saturated carbocycles. The fourth-order valence-electron chi connectivity index (χ4n) is 11.0. The Kier molecular flexibility index (Phi) is 10.9. The average Bonchev–Trinajstić information content (AvgIpc) is 3.35. The zero-order chi connectivity index (χ0) is 38.1. The van der Waals surface area contributed by atoms with Gasteiger partial charge in [-0.25, -0.2) is 4.79 Å². The molecule has 0 spiro atoms. The van der Waals surface area contributed by atoms with Crippen LogP contribution in [0.5, 0.6) is 0 Å². The molecule has 0 heterocycles. The van der Waals surface area contributed by atoms with Gasteiger partial charge in [-0.2, -0.15) is 0 Å². The van der Waals surface area contributed by atoms with E-state index in [1.54, 1.807) is 11.1 Å². The number of hydrogen-bond acceptors (Lipinski definition) is 5. The Bertz CT molecular complexity index is 1450. The van der Waals surface area contributed by atoms with E-state index >= 15 is 0 Å². The van der Waals surface area contributed by atoms with Crippen LogP contribution in [-0.4, -0.2) is 46.7 Å². The summed E-state index contributed by atoms with van der Waals surface area (Å²) in [6, 6.07) is 0. The molecule has 0 N–H and O–H groups in total. The molecule has 0 amide bonds. The monoisotopic (exact) mass is 751 g/mol. The molecule has 7 rings (SSSR count). The topological polar surface area (TPSA) is 54.0 Å². The molecule has 4 atom stereocenters. The predicted octanol–water partition coefficient (Wildman–Crippen LogP) is 12.4. The van der Waals surface area contributed by atoms with Crippen LogP contribution in [0, 0.1) is 29.1 Å². The normalized spacial score (nSPS) is 38.2. The van der Waals surface area contributed by atoms with Gasteiger partial charge in [-0.3, -0.25) is 0 Å². The first kappa shape index (κ1) is 40.4. The first-order valence-electron chi connectivity index (χ1n) is 21.0. The summed E-state index contributed by atoms with van der Waals surface area (Å²) in [6.07, 6.45) is 21.0. The van der Waals surface area contributed by atoms with E-state index in [0.717, 1.165) is 49.7 Å². The van der Waals surface area contributed by atoms with Crippen molar-refractivity contribution in [2.24, 2.45) is 29.1 Å². The maximum absolute atomic E-state index is 13.9. The van der Waals surface area contributed by atoms with E-state index in [0.29, 0.717) is 36.5 Å². The molecule has 7 aliphatic rings. The van der Waals surface area contributed by atoms with Crippen molar-refractivity contribution in [2.45, 2.75) is 193 Å². The van der Waals surface area contributed by atoms with Crippen LogP contribution in [0.15, 0.2) is 47.1 Å². The van der Waals surface area contributed by atoms with Crippen LogP contribution in [-0.2, 0) is 23.1 Å². The minimum atomic E-state index is -2.38. The van der Waals surface area contributed by atoms with Crippen molar-refractivity contribution in [1.82, 2.24) is 0 Å². The van der Waals surface area contributed by atoms with Gasteiger partial charge in [-0.15, -0.1) is 0 Å². The van der Waals surface area contributed by atoms with Gasteiger partial charge in [-0.1, -0.05) is 91.3 Å². The van der Waals surface area contributed by atoms with E-state index in [4.69, 9.17) is 24.9 Å². The first-order valence-corrected chi connectivity index (χ1v) is 26.8. The summed E-state index contributed by atoms with van der Waals surface area (Å²) in [5, 5.41) is -0.0146. The molecule has 0 aromatic rings. The smallest absolute Gasteiger partial charge is 0.332 e. The molecular weight excluding hydrogens is 677 g/mol. The third-order valence-corrected chi connectivity index (χ3v) is 24.6. The van der Waals surface area contributed by atoms with Gasteiger partial charge in [0.2, 0.25) is 0 Å². The standard InChI is InChI=1S/C45H74O5Si2/c1-14-37-19-20-38-35(16-15-21-43(37,38)9)17-18-36-28-45(50-52(12,13)42(6,7)8,29-39(31(36)2)49-51(10,11)41(3,4)5)47-30-40(46)48-44-25-32-22-33(26-44)24-34(23-32)27-44/h17-19,32-34,38-39H,2,14-16,20-30H2,1,3-13H3/t32?,33?,34?,38-,39?,43+,44?,45-/m0/s1. The van der Waals surface area contributed by atoms with Crippen molar-refractivity contribution < 1.29 is 23.1 Å². The molecule has 292 valence electrons. The number of allylic oxidation sites excluding steroid dienone is 5. The quantitative estimate of drug-likeness (QED) is 0.0963. The molecule has 0 saturated heterocycles. The van der Waals surface area contributed by atoms with E-state index < -0.39 is 22.4 Å².